The first-order valence-electron chi connectivity index (χ1n) is 8.69. The van der Waals surface area contributed by atoms with Crippen molar-refractivity contribution < 1.29 is 19.1 Å². The summed E-state index contributed by atoms with van der Waals surface area (Å²) in [6.45, 7) is 2.78. The minimum absolute atomic E-state index is 0. The van der Waals surface area contributed by atoms with Crippen molar-refractivity contribution in [2.45, 2.75) is 6.92 Å². The third-order valence-electron chi connectivity index (χ3n) is 3.92. The average Bonchev–Trinajstić information content (AvgIpc) is 2.70. The van der Waals surface area contributed by atoms with E-state index in [2.05, 4.69) is 10.6 Å². The number of ether oxygens (including phenoxy) is 2. The molecule has 2 aromatic rings. The summed E-state index contributed by atoms with van der Waals surface area (Å²) in [4.78, 5) is 23.9. The lowest BCUT2D eigenvalue weighted by atomic mass is 10.2. The topological polar surface area (TPSA) is 103 Å². The summed E-state index contributed by atoms with van der Waals surface area (Å²) in [5, 5.41) is 5.58. The molecular formula is C20H26ClN3O4. The average molecular weight is 408 g/mol. The van der Waals surface area contributed by atoms with Gasteiger partial charge in [0.05, 0.1) is 13.7 Å². The van der Waals surface area contributed by atoms with E-state index in [1.54, 1.807) is 62.6 Å². The number of anilines is 1. The van der Waals surface area contributed by atoms with Crippen LogP contribution in [0.1, 0.15) is 17.3 Å². The van der Waals surface area contributed by atoms with Crippen molar-refractivity contribution in [3.8, 4) is 11.5 Å². The summed E-state index contributed by atoms with van der Waals surface area (Å²) in [6, 6.07) is 13.9. The molecule has 7 nitrogen and oxygen atoms in total. The highest BCUT2D eigenvalue weighted by Gasteiger charge is 2.10. The quantitative estimate of drug-likeness (QED) is 0.554. The Balaban J connectivity index is 0.00000392. The zero-order valence-electron chi connectivity index (χ0n) is 15.9. The van der Waals surface area contributed by atoms with Gasteiger partial charge in [0, 0.05) is 29.8 Å². The van der Waals surface area contributed by atoms with Crippen molar-refractivity contribution in [1.29, 1.82) is 0 Å². The Morgan fingerprint density at radius 1 is 1.11 bits per heavy atom. The summed E-state index contributed by atoms with van der Waals surface area (Å²) in [5.41, 5.74) is 6.59. The monoisotopic (exact) mass is 407 g/mol. The number of nitrogens with one attached hydrogen (secondary N) is 2. The van der Waals surface area contributed by atoms with Gasteiger partial charge in [-0.25, -0.2) is 0 Å². The molecule has 0 aliphatic heterocycles. The van der Waals surface area contributed by atoms with Gasteiger partial charge in [0.15, 0.2) is 0 Å². The van der Waals surface area contributed by atoms with Gasteiger partial charge in [0.1, 0.15) is 18.1 Å². The third-order valence-corrected chi connectivity index (χ3v) is 3.92. The Hall–Kier alpha value is -2.77. The standard InChI is InChI=1S/C20H25N3O4.ClH/c1-14(13-21)19(24)22-10-11-27-18-5-3-4-16(12-18)23-20(25)15-6-8-17(26-2)9-7-15;/h3-9,12,14H,10-11,13,21H2,1-2H3,(H,22,24)(H,23,25);1H. The number of methoxy groups -OCH3 is 1. The summed E-state index contributed by atoms with van der Waals surface area (Å²) >= 11 is 0. The number of halogens is 1. The van der Waals surface area contributed by atoms with Crippen molar-refractivity contribution in [2.75, 3.05) is 32.1 Å². The van der Waals surface area contributed by atoms with Crippen LogP contribution in [0.3, 0.4) is 0 Å². The number of amides is 2. The van der Waals surface area contributed by atoms with Gasteiger partial charge in [-0.3, -0.25) is 9.59 Å². The lowest BCUT2D eigenvalue weighted by molar-refractivity contribution is -0.124. The van der Waals surface area contributed by atoms with Gasteiger partial charge in [0.25, 0.3) is 5.91 Å². The molecule has 2 amide bonds. The zero-order chi connectivity index (χ0) is 19.6. The fraction of sp³-hybridized carbons (Fsp3) is 0.300. The molecule has 0 aromatic heterocycles. The van der Waals surface area contributed by atoms with Crippen LogP contribution in [0.2, 0.25) is 0 Å². The molecule has 0 fully saturated rings. The first-order valence-corrected chi connectivity index (χ1v) is 8.69. The van der Waals surface area contributed by atoms with Crippen LogP contribution in [0.25, 0.3) is 0 Å². The fourth-order valence-electron chi connectivity index (χ4n) is 2.23. The maximum Gasteiger partial charge on any atom is 0.255 e. The molecule has 0 bridgehead atoms. The van der Waals surface area contributed by atoms with Gasteiger partial charge < -0.3 is 25.8 Å². The van der Waals surface area contributed by atoms with Gasteiger partial charge in [-0.2, -0.15) is 0 Å². The van der Waals surface area contributed by atoms with Crippen LogP contribution >= 0.6 is 12.4 Å². The Morgan fingerprint density at radius 2 is 1.82 bits per heavy atom. The molecule has 28 heavy (non-hydrogen) atoms. The molecule has 0 spiro atoms. The van der Waals surface area contributed by atoms with Crippen molar-refractivity contribution in [3.05, 3.63) is 54.1 Å². The highest BCUT2D eigenvalue weighted by molar-refractivity contribution is 6.04. The largest absolute Gasteiger partial charge is 0.497 e. The lowest BCUT2D eigenvalue weighted by Gasteiger charge is -2.12. The predicted molar refractivity (Wildman–Crippen MR) is 111 cm³/mol. The smallest absolute Gasteiger partial charge is 0.255 e. The van der Waals surface area contributed by atoms with Crippen LogP contribution < -0.4 is 25.8 Å². The van der Waals surface area contributed by atoms with Crippen LogP contribution in [-0.2, 0) is 4.79 Å². The third kappa shape index (κ3) is 7.09. The molecule has 8 heteroatoms. The Kier molecular flexibility index (Phi) is 9.84. The van der Waals surface area contributed by atoms with Gasteiger partial charge in [0.2, 0.25) is 5.91 Å². The number of carbonyl (C=O) groups is 2. The van der Waals surface area contributed by atoms with E-state index < -0.39 is 0 Å². The van der Waals surface area contributed by atoms with Crippen LogP contribution in [0, 0.1) is 5.92 Å². The van der Waals surface area contributed by atoms with E-state index in [0.29, 0.717) is 42.4 Å². The summed E-state index contributed by atoms with van der Waals surface area (Å²) < 4.78 is 10.7. The van der Waals surface area contributed by atoms with Crippen molar-refractivity contribution in [3.63, 3.8) is 0 Å². The second-order valence-electron chi connectivity index (χ2n) is 5.99. The van der Waals surface area contributed by atoms with Gasteiger partial charge in [-0.15, -0.1) is 12.4 Å². The van der Waals surface area contributed by atoms with Crippen molar-refractivity contribution >= 4 is 29.9 Å². The SMILES string of the molecule is COc1ccc(C(=O)Nc2cccc(OCCNC(=O)C(C)CN)c2)cc1.Cl. The zero-order valence-corrected chi connectivity index (χ0v) is 16.8. The minimum Gasteiger partial charge on any atom is -0.497 e. The van der Waals surface area contributed by atoms with Crippen LogP contribution in [0.4, 0.5) is 5.69 Å². The Labute approximate surface area is 171 Å². The van der Waals surface area contributed by atoms with Gasteiger partial charge in [-0.1, -0.05) is 13.0 Å². The van der Waals surface area contributed by atoms with E-state index in [1.165, 1.54) is 0 Å². The molecule has 152 valence electrons. The van der Waals surface area contributed by atoms with Gasteiger partial charge in [-0.05, 0) is 36.4 Å². The Morgan fingerprint density at radius 3 is 2.46 bits per heavy atom. The molecule has 1 unspecified atom stereocenters. The van der Waals surface area contributed by atoms with Crippen LogP contribution in [0.5, 0.6) is 11.5 Å². The molecule has 0 heterocycles. The van der Waals surface area contributed by atoms with Crippen molar-refractivity contribution in [1.82, 2.24) is 5.32 Å². The lowest BCUT2D eigenvalue weighted by Crippen LogP contribution is -2.35. The molecule has 0 radical (unpaired) electrons. The number of hydrogen-bond donors (Lipinski definition) is 3. The first kappa shape index (κ1) is 23.3. The summed E-state index contributed by atoms with van der Waals surface area (Å²) in [5.74, 6) is 0.750. The predicted octanol–water partition coefficient (Wildman–Crippen LogP) is 2.46. The van der Waals surface area contributed by atoms with E-state index in [9.17, 15) is 9.59 Å². The number of hydrogen-bond acceptors (Lipinski definition) is 5. The van der Waals surface area contributed by atoms with E-state index in [0.717, 1.165) is 0 Å². The van der Waals surface area contributed by atoms with Crippen LogP contribution in [-0.4, -0.2) is 38.6 Å². The number of benzene rings is 2. The van der Waals surface area contributed by atoms with E-state index in [4.69, 9.17) is 15.2 Å². The molecule has 2 rings (SSSR count). The summed E-state index contributed by atoms with van der Waals surface area (Å²) in [6.07, 6.45) is 0. The molecule has 0 aliphatic carbocycles. The molecular weight excluding hydrogens is 382 g/mol. The van der Waals surface area contributed by atoms with Gasteiger partial charge >= 0.3 is 0 Å². The fourth-order valence-corrected chi connectivity index (χ4v) is 2.23. The van der Waals surface area contributed by atoms with Crippen LogP contribution in [0.15, 0.2) is 48.5 Å². The van der Waals surface area contributed by atoms with E-state index in [1.807, 2.05) is 0 Å². The highest BCUT2D eigenvalue weighted by atomic mass is 35.5. The maximum absolute atomic E-state index is 12.3. The van der Waals surface area contributed by atoms with E-state index >= 15 is 0 Å². The first-order chi connectivity index (χ1) is 13.0. The summed E-state index contributed by atoms with van der Waals surface area (Å²) in [7, 11) is 1.57. The number of rotatable bonds is 9. The normalized spacial score (nSPS) is 11.0. The molecule has 4 N–H and O–H groups in total. The highest BCUT2D eigenvalue weighted by Crippen LogP contribution is 2.19. The number of nitrogens with two attached hydrogens (primary N) is 1. The van der Waals surface area contributed by atoms with E-state index in [-0.39, 0.29) is 30.1 Å². The minimum atomic E-state index is -0.224. The second-order valence-corrected chi connectivity index (χ2v) is 5.99. The number of carbonyl (C=O) groups excluding carboxylic acids is 2. The molecule has 2 aromatic carbocycles. The Bertz CT molecular complexity index is 768. The molecule has 0 saturated heterocycles. The molecule has 1 atom stereocenters. The molecule has 0 aliphatic rings. The molecule has 0 saturated carbocycles. The van der Waals surface area contributed by atoms with Crippen molar-refractivity contribution in [2.24, 2.45) is 11.7 Å². The maximum atomic E-state index is 12.3. The second kappa shape index (κ2) is 11.8.